The molecule has 2 aromatic rings. The summed E-state index contributed by atoms with van der Waals surface area (Å²) in [7, 11) is 4.80. The first kappa shape index (κ1) is 23.2. The molecule has 0 saturated carbocycles. The molecule has 0 radical (unpaired) electrons. The lowest BCUT2D eigenvalue weighted by atomic mass is 10.1. The molecule has 0 aliphatic heterocycles. The third-order valence-electron chi connectivity index (χ3n) is 4.42. The fourth-order valence-electron chi connectivity index (χ4n) is 3.00. The average molecular weight is 416 g/mol. The molecule has 30 heavy (non-hydrogen) atoms. The van der Waals surface area contributed by atoms with Crippen LogP contribution in [-0.2, 0) is 6.54 Å². The van der Waals surface area contributed by atoms with Gasteiger partial charge in [0, 0.05) is 12.1 Å². The third-order valence-corrected chi connectivity index (χ3v) is 4.42. The Morgan fingerprint density at radius 3 is 2.40 bits per heavy atom. The number of aryl methyl sites for hydroxylation is 1. The number of benzene rings is 2. The Bertz CT molecular complexity index is 839. The maximum absolute atomic E-state index is 5.98. The van der Waals surface area contributed by atoms with Crippen LogP contribution in [0, 0.1) is 6.92 Å². The molecule has 0 amide bonds. The van der Waals surface area contributed by atoms with Crippen LogP contribution in [0.3, 0.4) is 0 Å². The summed E-state index contributed by atoms with van der Waals surface area (Å²) in [5, 5.41) is 6.59. The van der Waals surface area contributed by atoms with E-state index in [2.05, 4.69) is 15.6 Å². The standard InChI is InChI=1S/C23H33N3O4/c1-7-24-23(25-14-17(3)30-19-10-8-9-16(2)13-19)26-15-18-11-12-20(27-4)22(29-6)21(18)28-5/h8-13,17H,7,14-15H2,1-6H3,(H2,24,25,26). The van der Waals surface area contributed by atoms with E-state index in [1.165, 1.54) is 5.56 Å². The van der Waals surface area contributed by atoms with Gasteiger partial charge in [-0.2, -0.15) is 0 Å². The second kappa shape index (κ2) is 11.8. The average Bonchev–Trinajstić information content (AvgIpc) is 2.74. The largest absolute Gasteiger partial charge is 0.493 e. The van der Waals surface area contributed by atoms with Gasteiger partial charge in [-0.15, -0.1) is 0 Å². The van der Waals surface area contributed by atoms with Crippen molar-refractivity contribution >= 4 is 5.96 Å². The van der Waals surface area contributed by atoms with E-state index < -0.39 is 0 Å². The zero-order chi connectivity index (χ0) is 21.9. The number of hydrogen-bond donors (Lipinski definition) is 2. The highest BCUT2D eigenvalue weighted by molar-refractivity contribution is 5.79. The summed E-state index contributed by atoms with van der Waals surface area (Å²) in [5.41, 5.74) is 2.07. The van der Waals surface area contributed by atoms with Crippen LogP contribution in [0.25, 0.3) is 0 Å². The Hall–Kier alpha value is -3.09. The zero-order valence-corrected chi connectivity index (χ0v) is 18.7. The van der Waals surface area contributed by atoms with E-state index in [1.807, 2.05) is 57.2 Å². The van der Waals surface area contributed by atoms with Gasteiger partial charge in [0.05, 0.1) is 34.4 Å². The van der Waals surface area contributed by atoms with E-state index in [0.29, 0.717) is 36.3 Å². The fourth-order valence-corrected chi connectivity index (χ4v) is 3.00. The maximum atomic E-state index is 5.98. The van der Waals surface area contributed by atoms with Crippen molar-refractivity contribution in [3.63, 3.8) is 0 Å². The smallest absolute Gasteiger partial charge is 0.203 e. The zero-order valence-electron chi connectivity index (χ0n) is 18.7. The maximum Gasteiger partial charge on any atom is 0.203 e. The molecule has 7 heteroatoms. The van der Waals surface area contributed by atoms with E-state index in [0.717, 1.165) is 17.9 Å². The molecule has 0 bridgehead atoms. The highest BCUT2D eigenvalue weighted by Gasteiger charge is 2.15. The van der Waals surface area contributed by atoms with Crippen molar-refractivity contribution in [3.05, 3.63) is 47.5 Å². The van der Waals surface area contributed by atoms with E-state index >= 15 is 0 Å². The van der Waals surface area contributed by atoms with Crippen molar-refractivity contribution in [1.82, 2.24) is 10.6 Å². The Morgan fingerprint density at radius 1 is 1.00 bits per heavy atom. The lowest BCUT2D eigenvalue weighted by Gasteiger charge is -2.18. The van der Waals surface area contributed by atoms with Gasteiger partial charge in [-0.1, -0.05) is 12.1 Å². The Kier molecular flexibility index (Phi) is 9.12. The Morgan fingerprint density at radius 2 is 1.77 bits per heavy atom. The number of methoxy groups -OCH3 is 3. The third kappa shape index (κ3) is 6.47. The van der Waals surface area contributed by atoms with Gasteiger partial charge in [0.15, 0.2) is 17.5 Å². The van der Waals surface area contributed by atoms with Gasteiger partial charge in [0.2, 0.25) is 5.75 Å². The van der Waals surface area contributed by atoms with E-state index in [4.69, 9.17) is 18.9 Å². The number of nitrogens with zero attached hydrogens (tertiary/aromatic N) is 1. The normalized spacial score (nSPS) is 12.1. The molecule has 0 fully saturated rings. The van der Waals surface area contributed by atoms with Gasteiger partial charge in [0.25, 0.3) is 0 Å². The highest BCUT2D eigenvalue weighted by Crippen LogP contribution is 2.39. The molecule has 0 spiro atoms. The molecule has 2 N–H and O–H groups in total. The van der Waals surface area contributed by atoms with E-state index in [1.54, 1.807) is 21.3 Å². The van der Waals surface area contributed by atoms with Gasteiger partial charge < -0.3 is 29.6 Å². The first-order valence-corrected chi connectivity index (χ1v) is 10.1. The second-order valence-corrected chi connectivity index (χ2v) is 6.81. The number of aliphatic imine (C=N–C) groups is 1. The molecule has 2 rings (SSSR count). The number of rotatable bonds is 10. The molecule has 0 aliphatic carbocycles. The van der Waals surface area contributed by atoms with Gasteiger partial charge in [0.1, 0.15) is 11.9 Å². The number of nitrogens with one attached hydrogen (secondary N) is 2. The molecule has 0 aromatic heterocycles. The van der Waals surface area contributed by atoms with Crippen molar-refractivity contribution in [1.29, 1.82) is 0 Å². The molecular weight excluding hydrogens is 382 g/mol. The van der Waals surface area contributed by atoms with Crippen molar-refractivity contribution < 1.29 is 18.9 Å². The predicted molar refractivity (Wildman–Crippen MR) is 120 cm³/mol. The summed E-state index contributed by atoms with van der Waals surface area (Å²) in [6.45, 7) is 7.89. The number of guanidine groups is 1. The minimum Gasteiger partial charge on any atom is -0.493 e. The molecule has 0 heterocycles. The summed E-state index contributed by atoms with van der Waals surface area (Å²) in [5.74, 6) is 3.36. The van der Waals surface area contributed by atoms with Crippen LogP contribution in [0.5, 0.6) is 23.0 Å². The lowest BCUT2D eigenvalue weighted by molar-refractivity contribution is 0.223. The summed E-state index contributed by atoms with van der Waals surface area (Å²) in [6.07, 6.45) is -0.0220. The van der Waals surface area contributed by atoms with Gasteiger partial charge in [-0.25, -0.2) is 4.99 Å². The van der Waals surface area contributed by atoms with Crippen LogP contribution >= 0.6 is 0 Å². The van der Waals surface area contributed by atoms with Gasteiger partial charge in [-0.05, 0) is 50.6 Å². The topological polar surface area (TPSA) is 73.3 Å². The molecule has 164 valence electrons. The van der Waals surface area contributed by atoms with Crippen LogP contribution < -0.4 is 29.6 Å². The van der Waals surface area contributed by atoms with Crippen molar-refractivity contribution in [2.45, 2.75) is 33.4 Å². The number of hydrogen-bond acceptors (Lipinski definition) is 5. The first-order valence-electron chi connectivity index (χ1n) is 10.1. The molecule has 1 unspecified atom stereocenters. The van der Waals surface area contributed by atoms with Crippen molar-refractivity contribution in [3.8, 4) is 23.0 Å². The van der Waals surface area contributed by atoms with E-state index in [-0.39, 0.29) is 6.10 Å². The van der Waals surface area contributed by atoms with Crippen LogP contribution in [0.15, 0.2) is 41.4 Å². The van der Waals surface area contributed by atoms with Crippen LogP contribution in [-0.4, -0.2) is 46.5 Å². The summed E-state index contributed by atoms with van der Waals surface area (Å²) >= 11 is 0. The van der Waals surface area contributed by atoms with Gasteiger partial charge >= 0.3 is 0 Å². The summed E-state index contributed by atoms with van der Waals surface area (Å²) < 4.78 is 22.3. The monoisotopic (exact) mass is 415 g/mol. The van der Waals surface area contributed by atoms with Crippen LogP contribution in [0.1, 0.15) is 25.0 Å². The van der Waals surface area contributed by atoms with Gasteiger partial charge in [-0.3, -0.25) is 0 Å². The minimum absolute atomic E-state index is 0.0220. The summed E-state index contributed by atoms with van der Waals surface area (Å²) in [4.78, 5) is 4.68. The SMILES string of the molecule is CCNC(=NCc1ccc(OC)c(OC)c1OC)NCC(C)Oc1cccc(C)c1. The quantitative estimate of drug-likeness (QED) is 0.457. The predicted octanol–water partition coefficient (Wildman–Crippen LogP) is 3.54. The fraction of sp³-hybridized carbons (Fsp3) is 0.435. The molecule has 2 aromatic carbocycles. The minimum atomic E-state index is -0.0220. The lowest BCUT2D eigenvalue weighted by Crippen LogP contribution is -2.41. The second-order valence-electron chi connectivity index (χ2n) is 6.81. The number of ether oxygens (including phenoxy) is 4. The summed E-state index contributed by atoms with van der Waals surface area (Å²) in [6, 6.07) is 11.8. The van der Waals surface area contributed by atoms with Crippen LogP contribution in [0.2, 0.25) is 0 Å². The highest BCUT2D eigenvalue weighted by atomic mass is 16.5. The molecule has 1 atom stereocenters. The Labute approximate surface area is 179 Å². The molecule has 0 aliphatic rings. The van der Waals surface area contributed by atoms with Crippen molar-refractivity contribution in [2.75, 3.05) is 34.4 Å². The van der Waals surface area contributed by atoms with Crippen molar-refractivity contribution in [2.24, 2.45) is 4.99 Å². The molecule has 7 nitrogen and oxygen atoms in total. The van der Waals surface area contributed by atoms with E-state index in [9.17, 15) is 0 Å². The Balaban J connectivity index is 2.05. The molecule has 0 saturated heterocycles. The first-order chi connectivity index (χ1) is 14.5. The van der Waals surface area contributed by atoms with Crippen LogP contribution in [0.4, 0.5) is 0 Å². The molecular formula is C23H33N3O4.